The number of benzene rings is 2. The first kappa shape index (κ1) is 12.8. The lowest BCUT2D eigenvalue weighted by Gasteiger charge is -2.11. The fraction of sp³-hybridized carbons (Fsp3) is 0.143. The Morgan fingerprint density at radius 1 is 1.06 bits per heavy atom. The zero-order valence-corrected chi connectivity index (χ0v) is 11.6. The highest BCUT2D eigenvalue weighted by atomic mass is 79.9. The van der Waals surface area contributed by atoms with Gasteiger partial charge in [-0.15, -0.1) is 0 Å². The van der Waals surface area contributed by atoms with Crippen LogP contribution in [0.5, 0.6) is 11.5 Å². The van der Waals surface area contributed by atoms with Gasteiger partial charge in [0, 0.05) is 4.47 Å². The lowest BCUT2D eigenvalue weighted by molar-refractivity contribution is 0.306. The Bertz CT molecular complexity index is 526. The third-order valence-electron chi connectivity index (χ3n) is 2.55. The quantitative estimate of drug-likeness (QED) is 0.877. The monoisotopic (exact) mass is 307 g/mol. The molecule has 0 amide bonds. The van der Waals surface area contributed by atoms with Gasteiger partial charge in [-0.25, -0.2) is 0 Å². The molecule has 18 heavy (non-hydrogen) atoms. The molecule has 0 aromatic heterocycles. The van der Waals surface area contributed by atoms with Gasteiger partial charge >= 0.3 is 0 Å². The summed E-state index contributed by atoms with van der Waals surface area (Å²) in [5.41, 5.74) is 7.53. The first-order valence-corrected chi connectivity index (χ1v) is 6.29. The van der Waals surface area contributed by atoms with Gasteiger partial charge in [-0.2, -0.15) is 0 Å². The van der Waals surface area contributed by atoms with E-state index in [1.54, 1.807) is 7.11 Å². The summed E-state index contributed by atoms with van der Waals surface area (Å²) in [6, 6.07) is 13.5. The van der Waals surface area contributed by atoms with Crippen molar-refractivity contribution in [3.8, 4) is 11.5 Å². The minimum absolute atomic E-state index is 0.477. The highest BCUT2D eigenvalue weighted by Gasteiger charge is 2.06. The van der Waals surface area contributed by atoms with Crippen molar-refractivity contribution in [1.82, 2.24) is 0 Å². The minimum Gasteiger partial charge on any atom is -0.494 e. The molecule has 0 aliphatic rings. The average Bonchev–Trinajstić information content (AvgIpc) is 2.39. The normalized spacial score (nSPS) is 10.1. The second kappa shape index (κ2) is 5.78. The van der Waals surface area contributed by atoms with Gasteiger partial charge in [0.1, 0.15) is 23.8 Å². The van der Waals surface area contributed by atoms with Crippen LogP contribution in [0.4, 0.5) is 5.69 Å². The molecule has 0 radical (unpaired) electrons. The van der Waals surface area contributed by atoms with Crippen molar-refractivity contribution in [1.29, 1.82) is 0 Å². The van der Waals surface area contributed by atoms with Crippen LogP contribution in [0.25, 0.3) is 0 Å². The first-order valence-electron chi connectivity index (χ1n) is 5.50. The topological polar surface area (TPSA) is 44.5 Å². The Balaban J connectivity index is 2.08. The molecule has 0 aliphatic carbocycles. The van der Waals surface area contributed by atoms with E-state index in [1.807, 2.05) is 42.5 Å². The molecule has 2 rings (SSSR count). The van der Waals surface area contributed by atoms with E-state index in [9.17, 15) is 0 Å². The Hall–Kier alpha value is -1.68. The van der Waals surface area contributed by atoms with Gasteiger partial charge in [0.2, 0.25) is 0 Å². The molecule has 94 valence electrons. The minimum atomic E-state index is 0.477. The molecule has 3 nitrogen and oxygen atoms in total. The van der Waals surface area contributed by atoms with Crippen molar-refractivity contribution >= 4 is 21.6 Å². The summed E-state index contributed by atoms with van der Waals surface area (Å²) in [6.07, 6.45) is 0. The molecule has 2 aromatic rings. The SMILES string of the molecule is COc1cccc(OCc2ccc(Br)cc2)c1N. The van der Waals surface area contributed by atoms with Gasteiger partial charge in [0.15, 0.2) is 0 Å². The lowest BCUT2D eigenvalue weighted by Crippen LogP contribution is -2.00. The average molecular weight is 308 g/mol. The number of halogens is 1. The molecule has 2 N–H and O–H groups in total. The number of para-hydroxylation sites is 1. The van der Waals surface area contributed by atoms with Gasteiger partial charge in [-0.05, 0) is 29.8 Å². The van der Waals surface area contributed by atoms with Crippen LogP contribution in [0.15, 0.2) is 46.9 Å². The summed E-state index contributed by atoms with van der Waals surface area (Å²) in [7, 11) is 1.59. The van der Waals surface area contributed by atoms with Crippen LogP contribution >= 0.6 is 15.9 Å². The third-order valence-corrected chi connectivity index (χ3v) is 3.08. The van der Waals surface area contributed by atoms with E-state index in [2.05, 4.69) is 15.9 Å². The van der Waals surface area contributed by atoms with E-state index in [1.165, 1.54) is 0 Å². The summed E-state index contributed by atoms with van der Waals surface area (Å²) in [4.78, 5) is 0. The molecule has 0 bridgehead atoms. The maximum absolute atomic E-state index is 5.92. The highest BCUT2D eigenvalue weighted by Crippen LogP contribution is 2.31. The molecule has 0 unspecified atom stereocenters. The van der Waals surface area contributed by atoms with Crippen molar-refractivity contribution in [3.05, 3.63) is 52.5 Å². The second-order valence-electron chi connectivity index (χ2n) is 3.79. The Morgan fingerprint density at radius 3 is 2.39 bits per heavy atom. The van der Waals surface area contributed by atoms with Crippen LogP contribution < -0.4 is 15.2 Å². The predicted octanol–water partition coefficient (Wildman–Crippen LogP) is 3.62. The molecular weight excluding hydrogens is 294 g/mol. The van der Waals surface area contributed by atoms with Crippen molar-refractivity contribution in [2.24, 2.45) is 0 Å². The largest absolute Gasteiger partial charge is 0.494 e. The van der Waals surface area contributed by atoms with Crippen LogP contribution in [0, 0.1) is 0 Å². The molecule has 0 heterocycles. The van der Waals surface area contributed by atoms with Crippen molar-refractivity contribution < 1.29 is 9.47 Å². The number of methoxy groups -OCH3 is 1. The lowest BCUT2D eigenvalue weighted by atomic mass is 10.2. The maximum Gasteiger partial charge on any atom is 0.146 e. The van der Waals surface area contributed by atoms with Gasteiger partial charge in [-0.3, -0.25) is 0 Å². The maximum atomic E-state index is 5.92. The summed E-state index contributed by atoms with van der Waals surface area (Å²) in [5, 5.41) is 0. The van der Waals surface area contributed by atoms with E-state index in [0.717, 1.165) is 10.0 Å². The Morgan fingerprint density at radius 2 is 1.72 bits per heavy atom. The molecule has 0 spiro atoms. The zero-order chi connectivity index (χ0) is 13.0. The summed E-state index contributed by atoms with van der Waals surface area (Å²) >= 11 is 3.39. The van der Waals surface area contributed by atoms with Crippen molar-refractivity contribution in [2.75, 3.05) is 12.8 Å². The summed E-state index contributed by atoms with van der Waals surface area (Å²) < 4.78 is 11.9. The Kier molecular flexibility index (Phi) is 4.10. The second-order valence-corrected chi connectivity index (χ2v) is 4.70. The Labute approximate surface area is 115 Å². The van der Waals surface area contributed by atoms with Gasteiger partial charge < -0.3 is 15.2 Å². The predicted molar refractivity (Wildman–Crippen MR) is 75.9 cm³/mol. The van der Waals surface area contributed by atoms with E-state index in [-0.39, 0.29) is 0 Å². The number of anilines is 1. The molecule has 0 saturated carbocycles. The third kappa shape index (κ3) is 2.96. The highest BCUT2D eigenvalue weighted by molar-refractivity contribution is 9.10. The van der Waals surface area contributed by atoms with Gasteiger partial charge in [-0.1, -0.05) is 34.1 Å². The van der Waals surface area contributed by atoms with Gasteiger partial charge in [0.25, 0.3) is 0 Å². The number of hydrogen-bond acceptors (Lipinski definition) is 3. The fourth-order valence-electron chi connectivity index (χ4n) is 1.57. The molecule has 0 aliphatic heterocycles. The van der Waals surface area contributed by atoms with E-state index in [0.29, 0.717) is 23.8 Å². The number of nitrogen functional groups attached to an aromatic ring is 1. The van der Waals surface area contributed by atoms with E-state index in [4.69, 9.17) is 15.2 Å². The number of hydrogen-bond donors (Lipinski definition) is 1. The smallest absolute Gasteiger partial charge is 0.146 e. The number of ether oxygens (including phenoxy) is 2. The van der Waals surface area contributed by atoms with Crippen molar-refractivity contribution in [2.45, 2.75) is 6.61 Å². The molecule has 0 atom stereocenters. The summed E-state index contributed by atoms with van der Waals surface area (Å²) in [6.45, 7) is 0.477. The molecule has 4 heteroatoms. The van der Waals surface area contributed by atoms with E-state index < -0.39 is 0 Å². The van der Waals surface area contributed by atoms with Crippen molar-refractivity contribution in [3.63, 3.8) is 0 Å². The molecule has 0 fully saturated rings. The van der Waals surface area contributed by atoms with Crippen LogP contribution in [0.2, 0.25) is 0 Å². The number of nitrogens with two attached hydrogens (primary N) is 1. The molecule has 2 aromatic carbocycles. The fourth-order valence-corrected chi connectivity index (χ4v) is 1.83. The van der Waals surface area contributed by atoms with Crippen LogP contribution in [0.1, 0.15) is 5.56 Å². The van der Waals surface area contributed by atoms with Crippen LogP contribution in [0.3, 0.4) is 0 Å². The first-order chi connectivity index (χ1) is 8.70. The summed E-state index contributed by atoms with van der Waals surface area (Å²) in [5.74, 6) is 1.26. The van der Waals surface area contributed by atoms with E-state index >= 15 is 0 Å². The number of rotatable bonds is 4. The van der Waals surface area contributed by atoms with Crippen LogP contribution in [-0.2, 0) is 6.61 Å². The molecule has 0 saturated heterocycles. The van der Waals surface area contributed by atoms with Crippen LogP contribution in [-0.4, -0.2) is 7.11 Å². The standard InChI is InChI=1S/C14H14BrNO2/c1-17-12-3-2-4-13(14(12)16)18-9-10-5-7-11(15)8-6-10/h2-8H,9,16H2,1H3. The van der Waals surface area contributed by atoms with Gasteiger partial charge in [0.05, 0.1) is 7.11 Å². The zero-order valence-electron chi connectivity index (χ0n) is 10.0. The molecular formula is C14H14BrNO2.